The van der Waals surface area contributed by atoms with E-state index in [0.717, 1.165) is 18.5 Å². The summed E-state index contributed by atoms with van der Waals surface area (Å²) in [5, 5.41) is 9.67. The van der Waals surface area contributed by atoms with Gasteiger partial charge in [-0.15, -0.1) is 0 Å². The van der Waals surface area contributed by atoms with E-state index in [0.29, 0.717) is 0 Å². The maximum atomic E-state index is 9.67. The zero-order valence-corrected chi connectivity index (χ0v) is 9.54. The lowest BCUT2D eigenvalue weighted by molar-refractivity contribution is -0.909. The molecule has 1 rings (SSSR count). The maximum absolute atomic E-state index is 9.67. The number of nitrogens with zero attached hydrogens (tertiary/aromatic N) is 1. The van der Waals surface area contributed by atoms with Crippen molar-refractivity contribution in [1.82, 2.24) is 0 Å². The molecule has 0 saturated carbocycles. The third kappa shape index (κ3) is 1.89. The number of pyridine rings is 1. The fraction of sp³-hybridized carbons (Fsp3) is 0.583. The van der Waals surface area contributed by atoms with Gasteiger partial charge in [-0.3, -0.25) is 5.21 Å². The van der Waals surface area contributed by atoms with Gasteiger partial charge in [-0.2, -0.15) is 0 Å². The molecule has 14 heavy (non-hydrogen) atoms. The summed E-state index contributed by atoms with van der Waals surface area (Å²) in [6, 6.07) is 4.00. The average Bonchev–Trinajstić information content (AvgIpc) is 2.17. The Morgan fingerprint density at radius 1 is 1.36 bits per heavy atom. The fourth-order valence-electron chi connectivity index (χ4n) is 1.69. The van der Waals surface area contributed by atoms with Gasteiger partial charge in [0.05, 0.1) is 0 Å². The van der Waals surface area contributed by atoms with E-state index in [1.807, 2.05) is 6.07 Å². The van der Waals surface area contributed by atoms with Gasteiger partial charge >= 0.3 is 0 Å². The molecule has 1 N–H and O–H groups in total. The molecule has 0 saturated heterocycles. The van der Waals surface area contributed by atoms with E-state index in [1.54, 1.807) is 6.20 Å². The first-order valence-electron chi connectivity index (χ1n) is 5.26. The Hall–Kier alpha value is -1.05. The van der Waals surface area contributed by atoms with Crippen molar-refractivity contribution >= 4 is 0 Å². The molecule has 0 aliphatic rings. The van der Waals surface area contributed by atoms with Crippen LogP contribution in [0.3, 0.4) is 0 Å². The molecule has 1 aromatic heterocycles. The lowest BCUT2D eigenvalue weighted by Crippen LogP contribution is -2.38. The summed E-state index contributed by atoms with van der Waals surface area (Å²) in [4.78, 5) is 0. The Morgan fingerprint density at radius 2 is 2.00 bits per heavy atom. The van der Waals surface area contributed by atoms with Crippen LogP contribution >= 0.6 is 0 Å². The molecule has 0 aliphatic carbocycles. The van der Waals surface area contributed by atoms with Gasteiger partial charge in [-0.25, -0.2) is 0 Å². The molecular weight excluding hydrogens is 174 g/mol. The molecule has 0 bridgehead atoms. The van der Waals surface area contributed by atoms with Gasteiger partial charge in [0.15, 0.2) is 0 Å². The van der Waals surface area contributed by atoms with Crippen molar-refractivity contribution in [3.63, 3.8) is 0 Å². The Kier molecular flexibility index (Phi) is 3.14. The zero-order chi connectivity index (χ0) is 10.8. The molecule has 0 amide bonds. The molecule has 0 radical (unpaired) electrons. The second-order valence-corrected chi connectivity index (χ2v) is 4.30. The van der Waals surface area contributed by atoms with Crippen molar-refractivity contribution in [3.05, 3.63) is 29.6 Å². The Morgan fingerprint density at radius 3 is 2.50 bits per heavy atom. The first kappa shape index (κ1) is 11.0. The lowest BCUT2D eigenvalue weighted by atomic mass is 9.81. The first-order valence-corrected chi connectivity index (χ1v) is 5.26. The number of hydrogen-bond acceptors (Lipinski definition) is 1. The van der Waals surface area contributed by atoms with E-state index >= 15 is 0 Å². The highest BCUT2D eigenvalue weighted by atomic mass is 16.5. The second kappa shape index (κ2) is 3.99. The number of rotatable bonds is 3. The molecule has 78 valence electrons. The SMILES string of the molecule is CCc1c(C(C)(C)CC)ccc[n+]1O. The predicted octanol–water partition coefficient (Wildman–Crippen LogP) is 2.46. The van der Waals surface area contributed by atoms with Crippen molar-refractivity contribution in [2.75, 3.05) is 0 Å². The summed E-state index contributed by atoms with van der Waals surface area (Å²) < 4.78 is 1.24. The molecule has 0 fully saturated rings. The molecule has 0 unspecified atom stereocenters. The largest absolute Gasteiger partial charge is 0.285 e. The smallest absolute Gasteiger partial charge is 0.237 e. The molecule has 1 aromatic rings. The molecule has 0 aromatic carbocycles. The summed E-state index contributed by atoms with van der Waals surface area (Å²) in [5.74, 6) is 0. The van der Waals surface area contributed by atoms with Crippen molar-refractivity contribution in [2.24, 2.45) is 0 Å². The van der Waals surface area contributed by atoms with E-state index < -0.39 is 0 Å². The number of aromatic nitrogens is 1. The topological polar surface area (TPSA) is 24.1 Å². The van der Waals surface area contributed by atoms with Crippen LogP contribution in [0, 0.1) is 0 Å². The first-order chi connectivity index (χ1) is 6.53. The Balaban J connectivity index is 3.27. The van der Waals surface area contributed by atoms with Gasteiger partial charge in [-0.05, 0) is 17.9 Å². The van der Waals surface area contributed by atoms with E-state index in [2.05, 4.69) is 33.8 Å². The maximum Gasteiger partial charge on any atom is 0.237 e. The molecule has 2 heteroatoms. The van der Waals surface area contributed by atoms with Crippen LogP contribution in [0.5, 0.6) is 0 Å². The second-order valence-electron chi connectivity index (χ2n) is 4.30. The van der Waals surface area contributed by atoms with Crippen LogP contribution in [0.2, 0.25) is 0 Å². The van der Waals surface area contributed by atoms with Gasteiger partial charge < -0.3 is 0 Å². The summed E-state index contributed by atoms with van der Waals surface area (Å²) in [7, 11) is 0. The fourth-order valence-corrected chi connectivity index (χ4v) is 1.69. The van der Waals surface area contributed by atoms with Crippen molar-refractivity contribution in [1.29, 1.82) is 0 Å². The highest BCUT2D eigenvalue weighted by Gasteiger charge is 2.26. The average molecular weight is 194 g/mol. The van der Waals surface area contributed by atoms with Gasteiger partial charge in [0.2, 0.25) is 11.9 Å². The molecule has 0 atom stereocenters. The molecule has 0 aliphatic heterocycles. The monoisotopic (exact) mass is 194 g/mol. The van der Waals surface area contributed by atoms with Crippen molar-refractivity contribution in [3.8, 4) is 0 Å². The lowest BCUT2D eigenvalue weighted by Gasteiger charge is -2.22. The van der Waals surface area contributed by atoms with Gasteiger partial charge in [0.25, 0.3) is 0 Å². The van der Waals surface area contributed by atoms with E-state index in [-0.39, 0.29) is 5.41 Å². The van der Waals surface area contributed by atoms with E-state index in [9.17, 15) is 5.21 Å². The highest BCUT2D eigenvalue weighted by Crippen LogP contribution is 2.27. The quantitative estimate of drug-likeness (QED) is 0.580. The molecule has 1 heterocycles. The summed E-state index contributed by atoms with van der Waals surface area (Å²) in [6.45, 7) is 8.66. The van der Waals surface area contributed by atoms with Crippen LogP contribution in [-0.4, -0.2) is 5.21 Å². The van der Waals surface area contributed by atoms with Gasteiger partial charge in [0, 0.05) is 22.8 Å². The summed E-state index contributed by atoms with van der Waals surface area (Å²) in [6.07, 6.45) is 3.62. The van der Waals surface area contributed by atoms with Crippen molar-refractivity contribution in [2.45, 2.75) is 46.0 Å². The summed E-state index contributed by atoms with van der Waals surface area (Å²) >= 11 is 0. The predicted molar refractivity (Wildman–Crippen MR) is 56.5 cm³/mol. The van der Waals surface area contributed by atoms with E-state index in [1.165, 1.54) is 10.3 Å². The van der Waals surface area contributed by atoms with E-state index in [4.69, 9.17) is 0 Å². The zero-order valence-electron chi connectivity index (χ0n) is 9.54. The van der Waals surface area contributed by atoms with Crippen LogP contribution in [0.25, 0.3) is 0 Å². The normalized spacial score (nSPS) is 11.7. The Labute approximate surface area is 86.2 Å². The van der Waals surface area contributed by atoms with Crippen LogP contribution in [0.15, 0.2) is 18.3 Å². The standard InChI is InChI=1S/C12H20NO/c1-5-11-10(12(3,4)6-2)8-7-9-13(11)14/h7-9,14H,5-6H2,1-4H3/q+1. The van der Waals surface area contributed by atoms with Gasteiger partial charge in [0.1, 0.15) is 0 Å². The number of hydrogen-bond donors (Lipinski definition) is 1. The minimum atomic E-state index is 0.136. The van der Waals surface area contributed by atoms with Crippen LogP contribution in [-0.2, 0) is 11.8 Å². The summed E-state index contributed by atoms with van der Waals surface area (Å²) in [5.41, 5.74) is 2.39. The highest BCUT2D eigenvalue weighted by molar-refractivity contribution is 5.24. The minimum absolute atomic E-state index is 0.136. The Bertz CT molecular complexity index is 318. The van der Waals surface area contributed by atoms with Gasteiger partial charge in [-0.1, -0.05) is 27.7 Å². The van der Waals surface area contributed by atoms with Crippen LogP contribution in [0.1, 0.15) is 45.4 Å². The van der Waals surface area contributed by atoms with Crippen molar-refractivity contribution < 1.29 is 9.94 Å². The molecule has 0 spiro atoms. The molecule has 2 nitrogen and oxygen atoms in total. The minimum Gasteiger partial charge on any atom is -0.285 e. The third-order valence-electron chi connectivity index (χ3n) is 3.03. The molecular formula is C12H20NO+. The van der Waals surface area contributed by atoms with Crippen LogP contribution < -0.4 is 4.73 Å². The third-order valence-corrected chi connectivity index (χ3v) is 3.03. The van der Waals surface area contributed by atoms with Crippen LogP contribution in [0.4, 0.5) is 0 Å².